The number of carbonyl (C=O) groups is 1. The third-order valence-electron chi connectivity index (χ3n) is 3.73. The van der Waals surface area contributed by atoms with Gasteiger partial charge in [0.2, 0.25) is 0 Å². The van der Waals surface area contributed by atoms with Crippen LogP contribution in [0.5, 0.6) is 5.75 Å². The summed E-state index contributed by atoms with van der Waals surface area (Å²) in [6.07, 6.45) is 1.65. The van der Waals surface area contributed by atoms with Gasteiger partial charge in [0.05, 0.1) is 24.7 Å². The monoisotopic (exact) mass is 367 g/mol. The number of hydrogen-bond donors (Lipinski definition) is 2. The molecule has 1 amide bonds. The maximum Gasteiger partial charge on any atom is 0.256 e. The second kappa shape index (κ2) is 7.89. The molecule has 0 radical (unpaired) electrons. The molecule has 132 valence electrons. The van der Waals surface area contributed by atoms with Gasteiger partial charge in [-0.05, 0) is 55.0 Å². The van der Waals surface area contributed by atoms with Crippen LogP contribution in [0.3, 0.4) is 0 Å². The molecule has 0 saturated carbocycles. The first kappa shape index (κ1) is 17.8. The Hall–Kier alpha value is -3.05. The molecule has 0 fully saturated rings. The highest BCUT2D eigenvalue weighted by molar-refractivity contribution is 6.31. The number of aryl methyl sites for hydroxylation is 1. The van der Waals surface area contributed by atoms with Gasteiger partial charge in [0.15, 0.2) is 0 Å². The lowest BCUT2D eigenvalue weighted by Crippen LogP contribution is -2.12. The fourth-order valence-corrected chi connectivity index (χ4v) is 2.63. The van der Waals surface area contributed by atoms with E-state index in [1.807, 2.05) is 31.2 Å². The standard InChI is InChI=1S/C20H18ClN3O2/c1-13-6-8-18(26-2)17(10-13)23-16-7-9-19(22-12-16)24-20(25)14-4-3-5-15(21)11-14/h3-12,23H,1-2H3,(H,22,24,25). The number of pyridine rings is 1. The topological polar surface area (TPSA) is 63.2 Å². The van der Waals surface area contributed by atoms with Crippen molar-refractivity contribution in [2.45, 2.75) is 6.92 Å². The Kier molecular flexibility index (Phi) is 5.39. The summed E-state index contributed by atoms with van der Waals surface area (Å²) in [5.74, 6) is 0.937. The number of amides is 1. The molecule has 3 aromatic rings. The number of anilines is 3. The van der Waals surface area contributed by atoms with Crippen LogP contribution in [0.1, 0.15) is 15.9 Å². The van der Waals surface area contributed by atoms with E-state index in [4.69, 9.17) is 16.3 Å². The molecule has 0 bridgehead atoms. The van der Waals surface area contributed by atoms with Crippen LogP contribution in [0.15, 0.2) is 60.8 Å². The van der Waals surface area contributed by atoms with Crippen LogP contribution < -0.4 is 15.4 Å². The van der Waals surface area contributed by atoms with Gasteiger partial charge in [-0.25, -0.2) is 4.98 Å². The third-order valence-corrected chi connectivity index (χ3v) is 3.96. The lowest BCUT2D eigenvalue weighted by Gasteiger charge is -2.12. The smallest absolute Gasteiger partial charge is 0.256 e. The predicted octanol–water partition coefficient (Wildman–Crippen LogP) is 5.05. The normalized spacial score (nSPS) is 10.3. The first-order valence-electron chi connectivity index (χ1n) is 8.00. The second-order valence-electron chi connectivity index (χ2n) is 5.73. The van der Waals surface area contributed by atoms with Crippen LogP contribution in [-0.2, 0) is 0 Å². The quantitative estimate of drug-likeness (QED) is 0.662. The van der Waals surface area contributed by atoms with Gasteiger partial charge in [-0.1, -0.05) is 23.7 Å². The zero-order valence-corrected chi connectivity index (χ0v) is 15.2. The summed E-state index contributed by atoms with van der Waals surface area (Å²) < 4.78 is 5.36. The van der Waals surface area contributed by atoms with E-state index in [-0.39, 0.29) is 5.91 Å². The van der Waals surface area contributed by atoms with E-state index in [2.05, 4.69) is 15.6 Å². The highest BCUT2D eigenvalue weighted by atomic mass is 35.5. The minimum Gasteiger partial charge on any atom is -0.495 e. The van der Waals surface area contributed by atoms with E-state index < -0.39 is 0 Å². The van der Waals surface area contributed by atoms with Gasteiger partial charge < -0.3 is 15.4 Å². The molecule has 3 rings (SSSR count). The molecule has 26 heavy (non-hydrogen) atoms. The van der Waals surface area contributed by atoms with Crippen molar-refractivity contribution < 1.29 is 9.53 Å². The SMILES string of the molecule is COc1ccc(C)cc1Nc1ccc(NC(=O)c2cccc(Cl)c2)nc1. The molecule has 5 nitrogen and oxygen atoms in total. The Bertz CT molecular complexity index is 927. The number of benzene rings is 2. The van der Waals surface area contributed by atoms with E-state index in [1.165, 1.54) is 0 Å². The van der Waals surface area contributed by atoms with Crippen molar-refractivity contribution in [3.63, 3.8) is 0 Å². The van der Waals surface area contributed by atoms with Crippen LogP contribution in [0.25, 0.3) is 0 Å². The molecule has 0 saturated heterocycles. The van der Waals surface area contributed by atoms with Crippen molar-refractivity contribution in [3.05, 3.63) is 76.9 Å². The second-order valence-corrected chi connectivity index (χ2v) is 6.16. The van der Waals surface area contributed by atoms with Gasteiger partial charge in [-0.3, -0.25) is 4.79 Å². The third kappa shape index (κ3) is 4.32. The van der Waals surface area contributed by atoms with Crippen molar-refractivity contribution in [1.82, 2.24) is 4.98 Å². The van der Waals surface area contributed by atoms with Gasteiger partial charge >= 0.3 is 0 Å². The number of aromatic nitrogens is 1. The molecule has 0 aliphatic rings. The van der Waals surface area contributed by atoms with E-state index in [0.717, 1.165) is 22.7 Å². The Balaban J connectivity index is 1.71. The van der Waals surface area contributed by atoms with Gasteiger partial charge in [0.1, 0.15) is 11.6 Å². The summed E-state index contributed by atoms with van der Waals surface area (Å²) >= 11 is 5.91. The van der Waals surface area contributed by atoms with Crippen LogP contribution in [-0.4, -0.2) is 18.0 Å². The Morgan fingerprint density at radius 1 is 1.12 bits per heavy atom. The molecule has 2 aromatic carbocycles. The predicted molar refractivity (Wildman–Crippen MR) is 105 cm³/mol. The number of methoxy groups -OCH3 is 1. The Labute approximate surface area is 157 Å². The van der Waals surface area contributed by atoms with Crippen LogP contribution in [0.2, 0.25) is 5.02 Å². The number of nitrogens with one attached hydrogen (secondary N) is 2. The first-order chi connectivity index (χ1) is 12.5. The Morgan fingerprint density at radius 3 is 2.65 bits per heavy atom. The molecule has 1 heterocycles. The van der Waals surface area contributed by atoms with Crippen LogP contribution >= 0.6 is 11.6 Å². The van der Waals surface area contributed by atoms with Gasteiger partial charge in [-0.2, -0.15) is 0 Å². The van der Waals surface area contributed by atoms with E-state index in [1.54, 1.807) is 43.6 Å². The molecular weight excluding hydrogens is 350 g/mol. The number of rotatable bonds is 5. The number of hydrogen-bond acceptors (Lipinski definition) is 4. The summed E-state index contributed by atoms with van der Waals surface area (Å²) in [5, 5.41) is 6.52. The average molecular weight is 368 g/mol. The van der Waals surface area contributed by atoms with E-state index >= 15 is 0 Å². The zero-order chi connectivity index (χ0) is 18.5. The average Bonchev–Trinajstić information content (AvgIpc) is 2.63. The van der Waals surface area contributed by atoms with Gasteiger partial charge in [0.25, 0.3) is 5.91 Å². The molecule has 0 spiro atoms. The summed E-state index contributed by atoms with van der Waals surface area (Å²) in [5.41, 5.74) is 3.23. The van der Waals surface area contributed by atoms with Crippen molar-refractivity contribution >= 4 is 34.7 Å². The highest BCUT2D eigenvalue weighted by Gasteiger charge is 2.08. The lowest BCUT2D eigenvalue weighted by molar-refractivity contribution is 0.102. The van der Waals surface area contributed by atoms with Crippen molar-refractivity contribution in [3.8, 4) is 5.75 Å². The number of halogens is 1. The summed E-state index contributed by atoms with van der Waals surface area (Å²) in [7, 11) is 1.63. The number of ether oxygens (including phenoxy) is 1. The molecule has 2 N–H and O–H groups in total. The summed E-state index contributed by atoms with van der Waals surface area (Å²) in [4.78, 5) is 16.5. The maximum absolute atomic E-state index is 12.2. The van der Waals surface area contributed by atoms with E-state index in [0.29, 0.717) is 16.4 Å². The largest absolute Gasteiger partial charge is 0.495 e. The molecule has 6 heteroatoms. The summed E-state index contributed by atoms with van der Waals surface area (Å²) in [6.45, 7) is 2.01. The van der Waals surface area contributed by atoms with Gasteiger partial charge in [0, 0.05) is 10.6 Å². The molecular formula is C20H18ClN3O2. The molecule has 1 aromatic heterocycles. The molecule has 0 aliphatic carbocycles. The minimum absolute atomic E-state index is 0.263. The minimum atomic E-state index is -0.263. The van der Waals surface area contributed by atoms with Crippen molar-refractivity contribution in [2.24, 2.45) is 0 Å². The molecule has 0 atom stereocenters. The maximum atomic E-state index is 12.2. The zero-order valence-electron chi connectivity index (χ0n) is 14.4. The van der Waals surface area contributed by atoms with Crippen LogP contribution in [0, 0.1) is 6.92 Å². The summed E-state index contributed by atoms with van der Waals surface area (Å²) in [6, 6.07) is 16.2. The fraction of sp³-hybridized carbons (Fsp3) is 0.100. The Morgan fingerprint density at radius 2 is 1.96 bits per heavy atom. The van der Waals surface area contributed by atoms with E-state index in [9.17, 15) is 4.79 Å². The van der Waals surface area contributed by atoms with Crippen molar-refractivity contribution in [2.75, 3.05) is 17.7 Å². The lowest BCUT2D eigenvalue weighted by atomic mass is 10.2. The number of nitrogens with zero attached hydrogens (tertiary/aromatic N) is 1. The van der Waals surface area contributed by atoms with Crippen LogP contribution in [0.4, 0.5) is 17.2 Å². The fourth-order valence-electron chi connectivity index (χ4n) is 2.43. The first-order valence-corrected chi connectivity index (χ1v) is 8.37. The molecule has 0 aliphatic heterocycles. The van der Waals surface area contributed by atoms with Crippen molar-refractivity contribution in [1.29, 1.82) is 0 Å². The highest BCUT2D eigenvalue weighted by Crippen LogP contribution is 2.28. The number of carbonyl (C=O) groups excluding carboxylic acids is 1. The molecule has 0 unspecified atom stereocenters. The van der Waals surface area contributed by atoms with Gasteiger partial charge in [-0.15, -0.1) is 0 Å².